The van der Waals surface area contributed by atoms with Gasteiger partial charge in [0, 0.05) is 17.0 Å². The van der Waals surface area contributed by atoms with Crippen LogP contribution in [0.15, 0.2) is 29.6 Å². The first-order valence-electron chi connectivity index (χ1n) is 6.45. The molecule has 1 aliphatic heterocycles. The van der Waals surface area contributed by atoms with Crippen LogP contribution in [-0.2, 0) is 11.2 Å². The maximum Gasteiger partial charge on any atom is 0.224 e. The standard InChI is InChI=1S/C15H13Cl2NOS/c16-11-6-7-20-15(11)14(17)10-4-5-12-9(8-10)2-1-3-13(19)18-12/h4-8,14H,1-3H2,(H,18,19). The average Bonchev–Trinajstić information content (AvgIpc) is 2.76. The summed E-state index contributed by atoms with van der Waals surface area (Å²) >= 11 is 14.2. The maximum absolute atomic E-state index is 11.5. The fourth-order valence-corrected chi connectivity index (χ4v) is 4.02. The molecule has 1 atom stereocenters. The summed E-state index contributed by atoms with van der Waals surface area (Å²) in [6.45, 7) is 0. The van der Waals surface area contributed by atoms with Crippen molar-refractivity contribution in [2.75, 3.05) is 5.32 Å². The molecule has 0 radical (unpaired) electrons. The van der Waals surface area contributed by atoms with E-state index in [0.717, 1.165) is 34.5 Å². The lowest BCUT2D eigenvalue weighted by Gasteiger charge is -2.13. The molecule has 0 aliphatic carbocycles. The van der Waals surface area contributed by atoms with Gasteiger partial charge in [-0.2, -0.15) is 0 Å². The van der Waals surface area contributed by atoms with Gasteiger partial charge in [-0.25, -0.2) is 0 Å². The molecular formula is C15H13Cl2NOS. The Labute approximate surface area is 131 Å². The Morgan fingerprint density at radius 3 is 2.85 bits per heavy atom. The highest BCUT2D eigenvalue weighted by atomic mass is 35.5. The molecule has 0 spiro atoms. The van der Waals surface area contributed by atoms with Crippen LogP contribution in [0, 0.1) is 0 Å². The Balaban J connectivity index is 1.94. The topological polar surface area (TPSA) is 29.1 Å². The number of carbonyl (C=O) groups excluding carboxylic acids is 1. The minimum Gasteiger partial charge on any atom is -0.326 e. The van der Waals surface area contributed by atoms with Crippen LogP contribution in [0.2, 0.25) is 5.02 Å². The van der Waals surface area contributed by atoms with Crippen LogP contribution in [0.4, 0.5) is 5.69 Å². The van der Waals surface area contributed by atoms with E-state index in [1.165, 1.54) is 0 Å². The summed E-state index contributed by atoms with van der Waals surface area (Å²) in [7, 11) is 0. The largest absolute Gasteiger partial charge is 0.326 e. The lowest BCUT2D eigenvalue weighted by atomic mass is 10.0. The number of fused-ring (bicyclic) bond motifs is 1. The molecule has 0 saturated heterocycles. The number of hydrogen-bond donors (Lipinski definition) is 1. The highest BCUT2D eigenvalue weighted by Gasteiger charge is 2.19. The molecule has 3 rings (SSSR count). The third kappa shape index (κ3) is 2.71. The molecule has 1 aromatic heterocycles. The van der Waals surface area contributed by atoms with Gasteiger partial charge < -0.3 is 5.32 Å². The number of amides is 1. The molecule has 1 amide bonds. The van der Waals surface area contributed by atoms with Crippen LogP contribution < -0.4 is 5.32 Å². The summed E-state index contributed by atoms with van der Waals surface area (Å²) in [5, 5.41) is 5.33. The highest BCUT2D eigenvalue weighted by Crippen LogP contribution is 2.38. The van der Waals surface area contributed by atoms with E-state index >= 15 is 0 Å². The highest BCUT2D eigenvalue weighted by molar-refractivity contribution is 7.11. The number of hydrogen-bond acceptors (Lipinski definition) is 2. The predicted molar refractivity (Wildman–Crippen MR) is 85.0 cm³/mol. The van der Waals surface area contributed by atoms with Crippen molar-refractivity contribution in [2.45, 2.75) is 24.6 Å². The average molecular weight is 326 g/mol. The summed E-state index contributed by atoms with van der Waals surface area (Å²) in [4.78, 5) is 12.5. The predicted octanol–water partition coefficient (Wildman–Crippen LogP) is 5.00. The summed E-state index contributed by atoms with van der Waals surface area (Å²) in [6, 6.07) is 7.83. The van der Waals surface area contributed by atoms with E-state index in [2.05, 4.69) is 11.4 Å². The molecule has 20 heavy (non-hydrogen) atoms. The number of anilines is 1. The minimum atomic E-state index is -0.244. The number of halogens is 2. The van der Waals surface area contributed by atoms with E-state index in [1.54, 1.807) is 11.3 Å². The first kappa shape index (κ1) is 13.9. The Hall–Kier alpha value is -1.03. The molecule has 2 aromatic rings. The maximum atomic E-state index is 11.5. The van der Waals surface area contributed by atoms with Crippen LogP contribution in [0.25, 0.3) is 0 Å². The monoisotopic (exact) mass is 325 g/mol. The minimum absolute atomic E-state index is 0.0835. The summed E-state index contributed by atoms with van der Waals surface area (Å²) in [5.74, 6) is 0.0835. The molecule has 104 valence electrons. The fraction of sp³-hybridized carbons (Fsp3) is 0.267. The van der Waals surface area contributed by atoms with E-state index in [-0.39, 0.29) is 11.3 Å². The van der Waals surface area contributed by atoms with Crippen molar-refractivity contribution in [3.63, 3.8) is 0 Å². The second kappa shape index (κ2) is 5.76. The number of thiophene rings is 1. The second-order valence-corrected chi connectivity index (χ2v) is 6.60. The van der Waals surface area contributed by atoms with Crippen molar-refractivity contribution in [1.29, 1.82) is 0 Å². The number of rotatable bonds is 2. The van der Waals surface area contributed by atoms with E-state index < -0.39 is 0 Å². The Kier molecular flexibility index (Phi) is 4.01. The van der Waals surface area contributed by atoms with Crippen molar-refractivity contribution < 1.29 is 4.79 Å². The van der Waals surface area contributed by atoms with Gasteiger partial charge >= 0.3 is 0 Å². The smallest absolute Gasteiger partial charge is 0.224 e. The fourth-order valence-electron chi connectivity index (χ4n) is 2.39. The number of nitrogens with one attached hydrogen (secondary N) is 1. The van der Waals surface area contributed by atoms with Gasteiger partial charge in [-0.3, -0.25) is 4.79 Å². The Bertz CT molecular complexity index is 653. The second-order valence-electron chi connectivity index (χ2n) is 4.81. The van der Waals surface area contributed by atoms with Crippen molar-refractivity contribution in [1.82, 2.24) is 0 Å². The number of benzene rings is 1. The molecule has 0 fully saturated rings. The molecule has 2 heterocycles. The van der Waals surface area contributed by atoms with Gasteiger partial charge in [0.05, 0.1) is 10.4 Å². The van der Waals surface area contributed by atoms with E-state index in [0.29, 0.717) is 11.4 Å². The molecule has 1 aromatic carbocycles. The van der Waals surface area contributed by atoms with Crippen molar-refractivity contribution in [3.8, 4) is 0 Å². The number of alkyl halides is 1. The van der Waals surface area contributed by atoms with Crippen LogP contribution in [0.1, 0.15) is 34.2 Å². The van der Waals surface area contributed by atoms with Crippen LogP contribution in [0.5, 0.6) is 0 Å². The lowest BCUT2D eigenvalue weighted by Crippen LogP contribution is -2.09. The first-order chi connectivity index (χ1) is 9.65. The number of carbonyl (C=O) groups is 1. The third-order valence-corrected chi connectivity index (χ3v) is 5.44. The SMILES string of the molecule is O=C1CCCc2cc(C(Cl)c3sccc3Cl)ccc2N1. The normalized spacial score (nSPS) is 16.2. The van der Waals surface area contributed by atoms with Crippen LogP contribution >= 0.6 is 34.5 Å². The zero-order valence-electron chi connectivity index (χ0n) is 10.7. The van der Waals surface area contributed by atoms with Crippen molar-refractivity contribution in [2.24, 2.45) is 0 Å². The zero-order chi connectivity index (χ0) is 14.1. The van der Waals surface area contributed by atoms with Gasteiger partial charge in [0.25, 0.3) is 0 Å². The molecule has 1 N–H and O–H groups in total. The zero-order valence-corrected chi connectivity index (χ0v) is 13.0. The van der Waals surface area contributed by atoms with E-state index in [1.807, 2.05) is 23.6 Å². The molecular weight excluding hydrogens is 313 g/mol. The number of aryl methyl sites for hydroxylation is 1. The molecule has 1 aliphatic rings. The Morgan fingerprint density at radius 2 is 2.10 bits per heavy atom. The summed E-state index contributed by atoms with van der Waals surface area (Å²) in [5.41, 5.74) is 3.06. The summed E-state index contributed by atoms with van der Waals surface area (Å²) in [6.07, 6.45) is 2.34. The van der Waals surface area contributed by atoms with Gasteiger partial charge in [-0.05, 0) is 41.5 Å². The molecule has 1 unspecified atom stereocenters. The molecule has 0 bridgehead atoms. The quantitative estimate of drug-likeness (QED) is 0.773. The molecule has 2 nitrogen and oxygen atoms in total. The lowest BCUT2D eigenvalue weighted by molar-refractivity contribution is -0.116. The van der Waals surface area contributed by atoms with Gasteiger partial charge in [-0.1, -0.05) is 23.7 Å². The van der Waals surface area contributed by atoms with Gasteiger partial charge in [0.15, 0.2) is 0 Å². The van der Waals surface area contributed by atoms with Crippen LogP contribution in [0.3, 0.4) is 0 Å². The molecule has 5 heteroatoms. The van der Waals surface area contributed by atoms with Gasteiger partial charge in [-0.15, -0.1) is 22.9 Å². The van der Waals surface area contributed by atoms with Gasteiger partial charge in [0.1, 0.15) is 0 Å². The Morgan fingerprint density at radius 1 is 1.25 bits per heavy atom. The van der Waals surface area contributed by atoms with Crippen LogP contribution in [-0.4, -0.2) is 5.91 Å². The van der Waals surface area contributed by atoms with E-state index in [9.17, 15) is 4.79 Å². The summed E-state index contributed by atoms with van der Waals surface area (Å²) < 4.78 is 0. The molecule has 0 saturated carbocycles. The van der Waals surface area contributed by atoms with Crippen molar-refractivity contribution in [3.05, 3.63) is 50.7 Å². The van der Waals surface area contributed by atoms with E-state index in [4.69, 9.17) is 23.2 Å². The first-order valence-corrected chi connectivity index (χ1v) is 8.14. The third-order valence-electron chi connectivity index (χ3n) is 3.42. The van der Waals surface area contributed by atoms with Crippen molar-refractivity contribution >= 4 is 46.1 Å². The van der Waals surface area contributed by atoms with Gasteiger partial charge in [0.2, 0.25) is 5.91 Å².